The highest BCUT2D eigenvalue weighted by molar-refractivity contribution is 7.89. The van der Waals surface area contributed by atoms with Gasteiger partial charge in [0.05, 0.1) is 9.77 Å². The molecule has 0 spiro atoms. The van der Waals surface area contributed by atoms with Gasteiger partial charge < -0.3 is 10.2 Å². The van der Waals surface area contributed by atoms with E-state index in [9.17, 15) is 18.0 Å². The Morgan fingerprint density at radius 2 is 1.69 bits per heavy atom. The van der Waals surface area contributed by atoms with Crippen molar-refractivity contribution in [1.29, 1.82) is 0 Å². The lowest BCUT2D eigenvalue weighted by molar-refractivity contribution is -0.132. The molecule has 0 saturated carbocycles. The number of hydrogen-bond donors (Lipinski definition) is 1. The SMILES string of the molecule is O=C(NCCCC(=O)N1CCN(S(=O)(=O)c2ccc3ccccc3c2)CC1)c1cccs1. The lowest BCUT2D eigenvalue weighted by Crippen LogP contribution is -2.50. The van der Waals surface area contributed by atoms with Gasteiger partial charge in [-0.25, -0.2) is 8.42 Å². The maximum atomic E-state index is 13.1. The van der Waals surface area contributed by atoms with E-state index >= 15 is 0 Å². The topological polar surface area (TPSA) is 86.8 Å². The van der Waals surface area contributed by atoms with Gasteiger partial charge in [0, 0.05) is 39.1 Å². The number of carbonyl (C=O) groups is 2. The van der Waals surface area contributed by atoms with E-state index in [2.05, 4.69) is 5.32 Å². The van der Waals surface area contributed by atoms with E-state index in [1.54, 1.807) is 23.1 Å². The van der Waals surface area contributed by atoms with Crippen LogP contribution in [0.5, 0.6) is 0 Å². The lowest BCUT2D eigenvalue weighted by Gasteiger charge is -2.34. The first kappa shape index (κ1) is 22.4. The van der Waals surface area contributed by atoms with Gasteiger partial charge in [0.2, 0.25) is 15.9 Å². The monoisotopic (exact) mass is 471 g/mol. The molecular weight excluding hydrogens is 446 g/mol. The highest BCUT2D eigenvalue weighted by Crippen LogP contribution is 2.23. The third-order valence-electron chi connectivity index (χ3n) is 5.55. The van der Waals surface area contributed by atoms with Gasteiger partial charge in [0.1, 0.15) is 0 Å². The van der Waals surface area contributed by atoms with Gasteiger partial charge in [-0.1, -0.05) is 36.4 Å². The van der Waals surface area contributed by atoms with Crippen molar-refractivity contribution in [3.8, 4) is 0 Å². The van der Waals surface area contributed by atoms with Crippen molar-refractivity contribution in [2.24, 2.45) is 0 Å². The van der Waals surface area contributed by atoms with Crippen molar-refractivity contribution in [2.45, 2.75) is 17.7 Å². The maximum absolute atomic E-state index is 13.1. The van der Waals surface area contributed by atoms with Crippen LogP contribution < -0.4 is 5.32 Å². The van der Waals surface area contributed by atoms with E-state index in [1.165, 1.54) is 15.6 Å². The summed E-state index contributed by atoms with van der Waals surface area (Å²) in [5.74, 6) is -0.141. The summed E-state index contributed by atoms with van der Waals surface area (Å²) in [6.07, 6.45) is 0.869. The third kappa shape index (κ3) is 5.01. The molecule has 3 aromatic rings. The van der Waals surface area contributed by atoms with Crippen LogP contribution in [0.15, 0.2) is 64.9 Å². The lowest BCUT2D eigenvalue weighted by atomic mass is 10.1. The molecular formula is C23H25N3O4S2. The van der Waals surface area contributed by atoms with Gasteiger partial charge in [0.25, 0.3) is 5.91 Å². The maximum Gasteiger partial charge on any atom is 0.261 e. The Labute approximate surface area is 191 Å². The predicted octanol–water partition coefficient (Wildman–Crippen LogP) is 2.94. The fraction of sp³-hybridized carbons (Fsp3) is 0.304. The first-order valence-electron chi connectivity index (χ1n) is 10.5. The van der Waals surface area contributed by atoms with Crippen molar-refractivity contribution in [1.82, 2.24) is 14.5 Å². The second kappa shape index (κ2) is 9.81. The Hall–Kier alpha value is -2.75. The number of rotatable bonds is 7. The summed E-state index contributed by atoms with van der Waals surface area (Å²) >= 11 is 1.38. The summed E-state index contributed by atoms with van der Waals surface area (Å²) in [4.78, 5) is 27.0. The minimum absolute atomic E-state index is 0.0156. The molecule has 0 atom stereocenters. The number of benzene rings is 2. The standard InChI is InChI=1S/C23H25N3O4S2/c27-22(8-3-11-24-23(28)21-7-4-16-31-21)25-12-14-26(15-13-25)32(29,30)20-10-9-18-5-1-2-6-19(18)17-20/h1-2,4-7,9-10,16-17H,3,8,11-15H2,(H,24,28). The molecule has 32 heavy (non-hydrogen) atoms. The average Bonchev–Trinajstić information content (AvgIpc) is 3.36. The van der Waals surface area contributed by atoms with Crippen molar-refractivity contribution in [3.05, 3.63) is 64.9 Å². The Balaban J connectivity index is 1.26. The normalized spacial score (nSPS) is 15.1. The van der Waals surface area contributed by atoms with Crippen LogP contribution in [0.25, 0.3) is 10.8 Å². The Kier molecular flexibility index (Phi) is 6.88. The fourth-order valence-electron chi connectivity index (χ4n) is 3.75. The molecule has 0 bridgehead atoms. The molecule has 1 aliphatic rings. The van der Waals surface area contributed by atoms with Gasteiger partial charge in [-0.2, -0.15) is 4.31 Å². The van der Waals surface area contributed by atoms with Gasteiger partial charge in [0.15, 0.2) is 0 Å². The largest absolute Gasteiger partial charge is 0.351 e. The summed E-state index contributed by atoms with van der Waals surface area (Å²) in [6, 6.07) is 16.4. The van der Waals surface area contributed by atoms with Crippen molar-refractivity contribution in [2.75, 3.05) is 32.7 Å². The van der Waals surface area contributed by atoms with Gasteiger partial charge in [-0.3, -0.25) is 9.59 Å². The van der Waals surface area contributed by atoms with E-state index in [-0.39, 0.29) is 29.8 Å². The summed E-state index contributed by atoms with van der Waals surface area (Å²) < 4.78 is 27.6. The molecule has 2 amide bonds. The van der Waals surface area contributed by atoms with Gasteiger partial charge >= 0.3 is 0 Å². The number of nitrogens with one attached hydrogen (secondary N) is 1. The Morgan fingerprint density at radius 3 is 2.41 bits per heavy atom. The molecule has 0 unspecified atom stereocenters. The smallest absolute Gasteiger partial charge is 0.261 e. The number of nitrogens with zero attached hydrogens (tertiary/aromatic N) is 2. The van der Waals surface area contributed by atoms with Crippen LogP contribution >= 0.6 is 11.3 Å². The van der Waals surface area contributed by atoms with Gasteiger partial charge in [-0.15, -0.1) is 11.3 Å². The zero-order valence-corrected chi connectivity index (χ0v) is 19.2. The molecule has 0 radical (unpaired) electrons. The van der Waals surface area contributed by atoms with Crippen LogP contribution in [0.4, 0.5) is 0 Å². The van der Waals surface area contributed by atoms with Crippen molar-refractivity contribution >= 4 is 43.9 Å². The second-order valence-corrected chi connectivity index (χ2v) is 10.5. The number of sulfonamides is 1. The molecule has 1 aromatic heterocycles. The highest BCUT2D eigenvalue weighted by atomic mass is 32.2. The molecule has 0 aliphatic carbocycles. The van der Waals surface area contributed by atoms with E-state index in [1.807, 2.05) is 41.8 Å². The Bertz CT molecular complexity index is 1200. The van der Waals surface area contributed by atoms with Crippen molar-refractivity contribution < 1.29 is 18.0 Å². The fourth-order valence-corrected chi connectivity index (χ4v) is 5.85. The zero-order valence-electron chi connectivity index (χ0n) is 17.6. The van der Waals surface area contributed by atoms with E-state index in [4.69, 9.17) is 0 Å². The predicted molar refractivity (Wildman–Crippen MR) is 125 cm³/mol. The summed E-state index contributed by atoms with van der Waals surface area (Å²) in [5, 5.41) is 6.54. The minimum Gasteiger partial charge on any atom is -0.351 e. The van der Waals surface area contributed by atoms with Crippen LogP contribution in [-0.4, -0.2) is 62.2 Å². The summed E-state index contributed by atoms with van der Waals surface area (Å²) in [5.41, 5.74) is 0. The number of carbonyl (C=O) groups excluding carboxylic acids is 2. The van der Waals surface area contributed by atoms with Crippen LogP contribution in [0, 0.1) is 0 Å². The quantitative estimate of drug-likeness (QED) is 0.537. The highest BCUT2D eigenvalue weighted by Gasteiger charge is 2.30. The average molecular weight is 472 g/mol. The number of amides is 2. The molecule has 2 heterocycles. The summed E-state index contributed by atoms with van der Waals surface area (Å²) in [6.45, 7) is 1.71. The first-order valence-corrected chi connectivity index (χ1v) is 12.9. The molecule has 1 N–H and O–H groups in total. The van der Waals surface area contributed by atoms with Gasteiger partial charge in [-0.05, 0) is 40.8 Å². The van der Waals surface area contributed by atoms with Crippen LogP contribution in [0.1, 0.15) is 22.5 Å². The Morgan fingerprint density at radius 1 is 0.938 bits per heavy atom. The second-order valence-electron chi connectivity index (χ2n) is 7.63. The molecule has 7 nitrogen and oxygen atoms in total. The van der Waals surface area contributed by atoms with E-state index in [0.717, 1.165) is 10.8 Å². The molecule has 9 heteroatoms. The van der Waals surface area contributed by atoms with Crippen LogP contribution in [-0.2, 0) is 14.8 Å². The minimum atomic E-state index is -3.61. The number of piperazine rings is 1. The first-order chi connectivity index (χ1) is 15.4. The number of fused-ring (bicyclic) bond motifs is 1. The molecule has 1 aliphatic heterocycles. The zero-order chi connectivity index (χ0) is 22.6. The molecule has 1 saturated heterocycles. The van der Waals surface area contributed by atoms with Crippen molar-refractivity contribution in [3.63, 3.8) is 0 Å². The molecule has 168 valence electrons. The summed E-state index contributed by atoms with van der Waals surface area (Å²) in [7, 11) is -3.61. The molecule has 4 rings (SSSR count). The third-order valence-corrected chi connectivity index (χ3v) is 8.31. The molecule has 1 fully saturated rings. The number of hydrogen-bond acceptors (Lipinski definition) is 5. The van der Waals surface area contributed by atoms with Crippen LogP contribution in [0.3, 0.4) is 0 Å². The molecule has 2 aromatic carbocycles. The van der Waals surface area contributed by atoms with E-state index < -0.39 is 10.0 Å². The van der Waals surface area contributed by atoms with Crippen LogP contribution in [0.2, 0.25) is 0 Å². The number of thiophene rings is 1. The van der Waals surface area contributed by atoms with E-state index in [0.29, 0.717) is 37.4 Å².